The average Bonchev–Trinajstić information content (AvgIpc) is 1.24. The van der Waals surface area contributed by atoms with Gasteiger partial charge in [-0.3, -0.25) is 15.0 Å². The standard InChI is InChI=1S/C87H95B2N3O4/c1-81(2,3)63-41-44-90-78(53-63)57-35-38-72(75(50-57)56-27-19-18-20-28-56)69-32-24-21-29-66(69)60-47-61(67-30-22-25-33-70(67)73-39-36-58(79-54-64(42-45-91-79)82(4,5)6)51-76(73)88-93-84(10,11)85(12,13)94-88)49-62(48-60)68-31-23-26-34-71(68)74-40-37-59(80-55-65(43-46-92-80)83(7,8)9)52-77(74)89-95-86(14,15)87(16,17)96-89/h18-46,50-55,60-62H,47-49H2,1-17H3. The molecule has 9 heteroatoms. The predicted octanol–water partition coefficient (Wildman–Crippen LogP) is 20.9. The van der Waals surface area contributed by atoms with Crippen LogP contribution in [0.1, 0.15) is 188 Å². The number of nitrogens with zero attached hydrogens (tertiary/aromatic N) is 3. The molecule has 96 heavy (non-hydrogen) atoms. The lowest BCUT2D eigenvalue weighted by molar-refractivity contribution is 0.00578. The van der Waals surface area contributed by atoms with E-state index in [1.165, 1.54) is 66.8 Å². The summed E-state index contributed by atoms with van der Waals surface area (Å²) in [4.78, 5) is 15.0. The fourth-order valence-electron chi connectivity index (χ4n) is 14.6. The van der Waals surface area contributed by atoms with Crippen LogP contribution in [0.3, 0.4) is 0 Å². The van der Waals surface area contributed by atoms with Gasteiger partial charge in [0.1, 0.15) is 0 Å². The summed E-state index contributed by atoms with van der Waals surface area (Å²) < 4.78 is 28.3. The number of benzene rings is 7. The lowest BCUT2D eigenvalue weighted by atomic mass is 9.65. The molecule has 7 nitrogen and oxygen atoms in total. The predicted molar refractivity (Wildman–Crippen MR) is 400 cm³/mol. The zero-order valence-electron chi connectivity index (χ0n) is 59.7. The van der Waals surface area contributed by atoms with Crippen LogP contribution in [0.5, 0.6) is 0 Å². The third-order valence-corrected chi connectivity index (χ3v) is 21.8. The Bertz CT molecular complexity index is 4310. The van der Waals surface area contributed by atoms with Crippen molar-refractivity contribution in [2.24, 2.45) is 0 Å². The Labute approximate surface area is 573 Å². The van der Waals surface area contributed by atoms with E-state index in [1.54, 1.807) is 0 Å². The van der Waals surface area contributed by atoms with E-state index >= 15 is 0 Å². The zero-order valence-corrected chi connectivity index (χ0v) is 59.7. The van der Waals surface area contributed by atoms with Crippen LogP contribution in [-0.4, -0.2) is 51.6 Å². The molecule has 5 heterocycles. The van der Waals surface area contributed by atoms with Gasteiger partial charge in [0.25, 0.3) is 0 Å². The molecule has 0 spiro atoms. The van der Waals surface area contributed by atoms with Crippen molar-refractivity contribution in [1.29, 1.82) is 0 Å². The van der Waals surface area contributed by atoms with Crippen molar-refractivity contribution in [2.45, 2.75) is 193 Å². The van der Waals surface area contributed by atoms with Crippen LogP contribution in [0.15, 0.2) is 213 Å². The van der Waals surface area contributed by atoms with Crippen LogP contribution in [0.4, 0.5) is 0 Å². The summed E-state index contributed by atoms with van der Waals surface area (Å²) in [6.07, 6.45) is 8.62. The van der Waals surface area contributed by atoms with Crippen LogP contribution < -0.4 is 10.9 Å². The average molecular weight is 1270 g/mol. The second-order valence-corrected chi connectivity index (χ2v) is 32.5. The molecule has 2 atom stereocenters. The highest BCUT2D eigenvalue weighted by Gasteiger charge is 2.54. The van der Waals surface area contributed by atoms with Crippen molar-refractivity contribution in [3.05, 3.63) is 246 Å². The van der Waals surface area contributed by atoms with E-state index in [4.69, 9.17) is 33.6 Å². The van der Waals surface area contributed by atoms with Crippen LogP contribution in [0, 0.1) is 0 Å². The largest absolute Gasteiger partial charge is 0.495 e. The van der Waals surface area contributed by atoms with Crippen molar-refractivity contribution in [2.75, 3.05) is 0 Å². The molecule has 0 amide bonds. The Morgan fingerprint density at radius 2 is 0.604 bits per heavy atom. The second kappa shape index (κ2) is 25.1. The van der Waals surface area contributed by atoms with Gasteiger partial charge in [-0.2, -0.15) is 0 Å². The van der Waals surface area contributed by atoms with Gasteiger partial charge < -0.3 is 18.6 Å². The van der Waals surface area contributed by atoms with E-state index in [9.17, 15) is 0 Å². The maximum atomic E-state index is 7.07. The van der Waals surface area contributed by atoms with Crippen molar-refractivity contribution < 1.29 is 18.6 Å². The first-order valence-corrected chi connectivity index (χ1v) is 34.8. The van der Waals surface area contributed by atoms with Gasteiger partial charge in [-0.05, 0) is 251 Å². The highest BCUT2D eigenvalue weighted by Crippen LogP contribution is 2.54. The summed E-state index contributed by atoms with van der Waals surface area (Å²) in [7, 11) is -1.25. The molecule has 13 rings (SSSR count). The number of hydrogen-bond acceptors (Lipinski definition) is 7. The molecule has 0 radical (unpaired) electrons. The monoisotopic (exact) mass is 1270 g/mol. The molecule has 1 saturated carbocycles. The molecular formula is C87H95B2N3O4. The molecule has 3 aliphatic rings. The van der Waals surface area contributed by atoms with Gasteiger partial charge in [-0.15, -0.1) is 0 Å². The molecular weight excluding hydrogens is 1170 g/mol. The van der Waals surface area contributed by atoms with E-state index < -0.39 is 36.6 Å². The first kappa shape index (κ1) is 66.6. The summed E-state index contributed by atoms with van der Waals surface area (Å²) in [5, 5.41) is 0. The molecule has 3 aromatic heterocycles. The zero-order chi connectivity index (χ0) is 67.9. The van der Waals surface area contributed by atoms with Gasteiger partial charge in [0.2, 0.25) is 0 Å². The minimum Gasteiger partial charge on any atom is -0.399 e. The fourth-order valence-corrected chi connectivity index (χ4v) is 14.6. The normalized spacial score (nSPS) is 19.2. The summed E-state index contributed by atoms with van der Waals surface area (Å²) >= 11 is 0. The van der Waals surface area contributed by atoms with Gasteiger partial charge in [0.05, 0.1) is 39.5 Å². The Hall–Kier alpha value is -8.04. The van der Waals surface area contributed by atoms with Gasteiger partial charge >= 0.3 is 14.2 Å². The molecule has 488 valence electrons. The van der Waals surface area contributed by atoms with Crippen molar-refractivity contribution in [3.8, 4) is 78.3 Å². The molecule has 3 fully saturated rings. The maximum absolute atomic E-state index is 7.07. The summed E-state index contributed by atoms with van der Waals surface area (Å²) in [5.74, 6) is 0.368. The van der Waals surface area contributed by atoms with Gasteiger partial charge in [0.15, 0.2) is 0 Å². The summed E-state index contributed by atoms with van der Waals surface area (Å²) in [6, 6.07) is 72.4. The van der Waals surface area contributed by atoms with Gasteiger partial charge in [-0.1, -0.05) is 214 Å². The topological polar surface area (TPSA) is 75.6 Å². The Kier molecular flexibility index (Phi) is 17.4. The second-order valence-electron chi connectivity index (χ2n) is 32.5. The number of pyridine rings is 3. The summed E-state index contributed by atoms with van der Waals surface area (Å²) in [6.45, 7) is 37.5. The third-order valence-electron chi connectivity index (χ3n) is 21.8. The maximum Gasteiger partial charge on any atom is 0.495 e. The molecule has 2 unspecified atom stereocenters. The minimum atomic E-state index is -0.624. The Morgan fingerprint density at radius 1 is 0.302 bits per heavy atom. The molecule has 2 saturated heterocycles. The Morgan fingerprint density at radius 3 is 0.948 bits per heavy atom. The third kappa shape index (κ3) is 13.1. The van der Waals surface area contributed by atoms with E-state index in [-0.39, 0.29) is 34.0 Å². The van der Waals surface area contributed by atoms with E-state index in [0.29, 0.717) is 0 Å². The molecule has 2 aliphatic heterocycles. The van der Waals surface area contributed by atoms with E-state index in [1.807, 2.05) is 18.6 Å². The number of rotatable bonds is 12. The number of hydrogen-bond donors (Lipinski definition) is 0. The number of aromatic nitrogens is 3. The summed E-state index contributed by atoms with van der Waals surface area (Å²) in [5.41, 5.74) is 22.7. The van der Waals surface area contributed by atoms with E-state index in [2.05, 4.69) is 312 Å². The fraction of sp³-hybridized carbons (Fsp3) is 0.345. The lowest BCUT2D eigenvalue weighted by Crippen LogP contribution is -2.41. The van der Waals surface area contributed by atoms with Crippen LogP contribution in [0.25, 0.3) is 78.3 Å². The first-order valence-electron chi connectivity index (χ1n) is 34.8. The van der Waals surface area contributed by atoms with Crippen molar-refractivity contribution >= 4 is 25.2 Å². The smallest absolute Gasteiger partial charge is 0.399 e. The molecule has 10 aromatic rings. The quantitative estimate of drug-likeness (QED) is 0.113. The molecule has 0 N–H and O–H groups in total. The van der Waals surface area contributed by atoms with E-state index in [0.717, 1.165) is 75.1 Å². The van der Waals surface area contributed by atoms with Crippen LogP contribution in [-0.2, 0) is 34.9 Å². The van der Waals surface area contributed by atoms with Gasteiger partial charge in [-0.25, -0.2) is 0 Å². The molecule has 0 bridgehead atoms. The van der Waals surface area contributed by atoms with Gasteiger partial charge in [0, 0.05) is 24.2 Å². The Balaban J connectivity index is 0.989. The van der Waals surface area contributed by atoms with Crippen molar-refractivity contribution in [1.82, 2.24) is 15.0 Å². The molecule has 7 aromatic carbocycles. The SMILES string of the molecule is CC(C)(C)c1ccnc(-c2ccc(-c3ccccc3C3CC(c4ccccc4-c4ccc(-c5cc(C(C)(C)C)ccn5)cc4B4OC(C)(C)C(C)(C)O4)CC(c4ccccc4-c4ccc(-c5cc(C(C)(C)C)ccn5)cc4-c4ccccc4)C3)c(B3OC(C)(C)C(C)(C)O3)c2)c1. The van der Waals surface area contributed by atoms with Crippen LogP contribution in [0.2, 0.25) is 0 Å². The van der Waals surface area contributed by atoms with Crippen LogP contribution >= 0.6 is 0 Å². The highest BCUT2D eigenvalue weighted by atomic mass is 16.7. The minimum absolute atomic E-state index is 0.0243. The molecule has 1 aliphatic carbocycles. The lowest BCUT2D eigenvalue weighted by Gasteiger charge is -2.38. The highest BCUT2D eigenvalue weighted by molar-refractivity contribution is 6.64. The van der Waals surface area contributed by atoms with Crippen molar-refractivity contribution in [3.63, 3.8) is 0 Å². The first-order chi connectivity index (χ1) is 45.4.